The van der Waals surface area contributed by atoms with E-state index >= 15 is 0 Å². The molecule has 19 heavy (non-hydrogen) atoms. The third-order valence-corrected chi connectivity index (χ3v) is 1.85. The predicted molar refractivity (Wildman–Crippen MR) is 62.1 cm³/mol. The molecule has 0 radical (unpaired) electrons. The molecule has 1 rings (SSSR count). The Labute approximate surface area is 108 Å². The molecule has 0 aliphatic carbocycles. The second kappa shape index (κ2) is 6.34. The Balaban J connectivity index is 3.04. The summed E-state index contributed by atoms with van der Waals surface area (Å²) in [5.41, 5.74) is -0.299. The van der Waals surface area contributed by atoms with E-state index in [1.54, 1.807) is 6.92 Å². The summed E-state index contributed by atoms with van der Waals surface area (Å²) in [6.45, 7) is 2.81. The zero-order valence-corrected chi connectivity index (χ0v) is 10.2. The summed E-state index contributed by atoms with van der Waals surface area (Å²) in [6, 6.07) is 3.24. The lowest BCUT2D eigenvalue weighted by Crippen LogP contribution is -2.12. The lowest BCUT2D eigenvalue weighted by atomic mass is 10.3. The van der Waals surface area contributed by atoms with E-state index in [1.165, 1.54) is 0 Å². The number of hydrogen-bond acceptors (Lipinski definition) is 7. The molecule has 102 valence electrons. The van der Waals surface area contributed by atoms with Gasteiger partial charge in [-0.15, -0.1) is 0 Å². The number of benzene rings is 1. The molecular weight excluding hydrogens is 258 g/mol. The van der Waals surface area contributed by atoms with Crippen molar-refractivity contribution in [3.8, 4) is 11.5 Å². The number of carbonyl (C=O) groups is 2. The van der Waals surface area contributed by atoms with Gasteiger partial charge in [-0.2, -0.15) is 0 Å². The number of esters is 1. The lowest BCUT2D eigenvalue weighted by Gasteiger charge is -2.08. The van der Waals surface area contributed by atoms with Crippen LogP contribution >= 0.6 is 0 Å². The van der Waals surface area contributed by atoms with E-state index in [0.29, 0.717) is 0 Å². The number of hydrogen-bond donors (Lipinski definition) is 0. The number of ether oxygens (including phenoxy) is 3. The molecule has 0 bridgehead atoms. The highest BCUT2D eigenvalue weighted by molar-refractivity contribution is 5.72. The Morgan fingerprint density at radius 2 is 1.95 bits per heavy atom. The number of non-ortho nitro benzene ring substituents is 1. The highest BCUT2D eigenvalue weighted by Crippen LogP contribution is 2.31. The van der Waals surface area contributed by atoms with Crippen LogP contribution in [0.25, 0.3) is 0 Å². The fourth-order valence-electron chi connectivity index (χ4n) is 1.17. The molecule has 0 saturated carbocycles. The van der Waals surface area contributed by atoms with Crippen molar-refractivity contribution in [2.24, 2.45) is 0 Å². The first kappa shape index (κ1) is 14.4. The fraction of sp³-hybridized carbons (Fsp3) is 0.273. The number of nitrogens with zero attached hydrogens (tertiary/aromatic N) is 1. The second-order valence-electron chi connectivity index (χ2n) is 3.27. The summed E-state index contributed by atoms with van der Waals surface area (Å²) in [4.78, 5) is 32.0. The molecule has 0 amide bonds. The average molecular weight is 269 g/mol. The van der Waals surface area contributed by atoms with Gasteiger partial charge in [0.2, 0.25) is 0 Å². The van der Waals surface area contributed by atoms with E-state index in [9.17, 15) is 19.7 Å². The first-order valence-electron chi connectivity index (χ1n) is 5.25. The molecule has 0 N–H and O–H groups in total. The highest BCUT2D eigenvalue weighted by Gasteiger charge is 2.17. The zero-order chi connectivity index (χ0) is 14.4. The Hall–Kier alpha value is -2.64. The Morgan fingerprint density at radius 3 is 2.47 bits per heavy atom. The maximum Gasteiger partial charge on any atom is 0.513 e. The SMILES string of the molecule is CCOC(=O)Oc1ccc([N+](=O)[O-])cc1OC(C)=O. The topological polar surface area (TPSA) is 105 Å². The Kier molecular flexibility index (Phi) is 4.81. The van der Waals surface area contributed by atoms with Gasteiger partial charge < -0.3 is 14.2 Å². The maximum atomic E-state index is 11.2. The molecular formula is C11H11NO7. The molecule has 1 aromatic rings. The summed E-state index contributed by atoms with van der Waals surface area (Å²) < 4.78 is 14.0. The maximum absolute atomic E-state index is 11.2. The minimum Gasteiger partial charge on any atom is -0.434 e. The molecule has 0 spiro atoms. The Morgan fingerprint density at radius 1 is 1.26 bits per heavy atom. The van der Waals surface area contributed by atoms with Crippen LogP contribution in [0.3, 0.4) is 0 Å². The zero-order valence-electron chi connectivity index (χ0n) is 10.2. The van der Waals surface area contributed by atoms with Crippen molar-refractivity contribution in [2.75, 3.05) is 6.61 Å². The van der Waals surface area contributed by atoms with Crippen molar-refractivity contribution >= 4 is 17.8 Å². The van der Waals surface area contributed by atoms with Crippen LogP contribution in [0.1, 0.15) is 13.8 Å². The third kappa shape index (κ3) is 4.26. The number of rotatable bonds is 4. The van der Waals surface area contributed by atoms with E-state index in [4.69, 9.17) is 9.47 Å². The predicted octanol–water partition coefficient (Wildman–Crippen LogP) is 2.06. The number of carbonyl (C=O) groups excluding carboxylic acids is 2. The van der Waals surface area contributed by atoms with Gasteiger partial charge in [0, 0.05) is 13.0 Å². The van der Waals surface area contributed by atoms with Crippen molar-refractivity contribution in [1.29, 1.82) is 0 Å². The van der Waals surface area contributed by atoms with Crippen LogP contribution < -0.4 is 9.47 Å². The van der Waals surface area contributed by atoms with Gasteiger partial charge in [0.15, 0.2) is 11.5 Å². The first-order valence-corrected chi connectivity index (χ1v) is 5.25. The van der Waals surface area contributed by atoms with Crippen molar-refractivity contribution in [3.63, 3.8) is 0 Å². The molecule has 0 unspecified atom stereocenters. The highest BCUT2D eigenvalue weighted by atomic mass is 16.7. The van der Waals surface area contributed by atoms with E-state index in [-0.39, 0.29) is 23.8 Å². The van der Waals surface area contributed by atoms with Crippen molar-refractivity contribution in [1.82, 2.24) is 0 Å². The van der Waals surface area contributed by atoms with Crippen LogP contribution in [0.5, 0.6) is 11.5 Å². The van der Waals surface area contributed by atoms with Crippen LogP contribution in [0.15, 0.2) is 18.2 Å². The molecule has 0 aliphatic rings. The largest absolute Gasteiger partial charge is 0.513 e. The van der Waals surface area contributed by atoms with Crippen LogP contribution in [0.4, 0.5) is 10.5 Å². The number of nitro groups is 1. The molecule has 0 fully saturated rings. The van der Waals surface area contributed by atoms with E-state index in [2.05, 4.69) is 4.74 Å². The molecule has 0 atom stereocenters. The lowest BCUT2D eigenvalue weighted by molar-refractivity contribution is -0.384. The summed E-state index contributed by atoms with van der Waals surface area (Å²) in [5.74, 6) is -1.07. The number of nitro benzene ring substituents is 1. The van der Waals surface area contributed by atoms with Crippen LogP contribution in [0, 0.1) is 10.1 Å². The fourth-order valence-corrected chi connectivity index (χ4v) is 1.17. The van der Waals surface area contributed by atoms with Gasteiger partial charge >= 0.3 is 12.1 Å². The second-order valence-corrected chi connectivity index (χ2v) is 3.27. The van der Waals surface area contributed by atoms with Gasteiger partial charge in [0.25, 0.3) is 5.69 Å². The van der Waals surface area contributed by atoms with Crippen molar-refractivity contribution in [3.05, 3.63) is 28.3 Å². The quantitative estimate of drug-likeness (QED) is 0.271. The van der Waals surface area contributed by atoms with Gasteiger partial charge in [-0.25, -0.2) is 4.79 Å². The Bertz CT molecular complexity index is 512. The van der Waals surface area contributed by atoms with Gasteiger partial charge in [0.05, 0.1) is 17.6 Å². The van der Waals surface area contributed by atoms with Crippen molar-refractivity contribution in [2.45, 2.75) is 13.8 Å². The molecule has 0 saturated heterocycles. The van der Waals surface area contributed by atoms with Gasteiger partial charge in [-0.05, 0) is 13.0 Å². The van der Waals surface area contributed by atoms with Crippen molar-refractivity contribution < 1.29 is 28.7 Å². The van der Waals surface area contributed by atoms with Crippen LogP contribution in [-0.4, -0.2) is 23.7 Å². The first-order chi connectivity index (χ1) is 8.93. The normalized spacial score (nSPS) is 9.58. The van der Waals surface area contributed by atoms with Crippen LogP contribution in [-0.2, 0) is 9.53 Å². The average Bonchev–Trinajstić information content (AvgIpc) is 2.30. The monoisotopic (exact) mass is 269 g/mol. The molecule has 8 nitrogen and oxygen atoms in total. The molecule has 0 aliphatic heterocycles. The van der Waals surface area contributed by atoms with Crippen LogP contribution in [0.2, 0.25) is 0 Å². The molecule has 0 heterocycles. The summed E-state index contributed by atoms with van der Waals surface area (Å²) >= 11 is 0. The summed E-state index contributed by atoms with van der Waals surface area (Å²) in [7, 11) is 0. The van der Waals surface area contributed by atoms with E-state index in [0.717, 1.165) is 25.1 Å². The standard InChI is InChI=1S/C11H11NO7/c1-3-17-11(14)19-9-5-4-8(12(15)16)6-10(9)18-7(2)13/h4-6H,3H2,1-2H3. The van der Waals surface area contributed by atoms with E-state index in [1.807, 2.05) is 0 Å². The van der Waals surface area contributed by atoms with Gasteiger partial charge in [-0.3, -0.25) is 14.9 Å². The van der Waals surface area contributed by atoms with Gasteiger partial charge in [-0.1, -0.05) is 0 Å². The summed E-state index contributed by atoms with van der Waals surface area (Å²) in [5, 5.41) is 10.6. The minimum absolute atomic E-state index is 0.106. The molecule has 1 aromatic carbocycles. The van der Waals surface area contributed by atoms with Gasteiger partial charge in [0.1, 0.15) is 0 Å². The third-order valence-electron chi connectivity index (χ3n) is 1.85. The minimum atomic E-state index is -0.996. The smallest absolute Gasteiger partial charge is 0.434 e. The summed E-state index contributed by atoms with van der Waals surface area (Å²) in [6.07, 6.45) is -0.996. The molecule has 8 heteroatoms. The van der Waals surface area contributed by atoms with E-state index < -0.39 is 17.0 Å². The molecule has 0 aromatic heterocycles.